The minimum Gasteiger partial charge on any atom is -0.352 e. The maximum absolute atomic E-state index is 12.3. The maximum Gasteiger partial charge on any atom is 0.261 e. The van der Waals surface area contributed by atoms with Crippen molar-refractivity contribution in [2.45, 2.75) is 26.3 Å². The van der Waals surface area contributed by atoms with Crippen LogP contribution in [0.2, 0.25) is 0 Å². The second-order valence-corrected chi connectivity index (χ2v) is 6.93. The van der Waals surface area contributed by atoms with E-state index in [-0.39, 0.29) is 17.0 Å². The Labute approximate surface area is 148 Å². The Balaban J connectivity index is 1.62. The van der Waals surface area contributed by atoms with Crippen LogP contribution in [-0.2, 0) is 0 Å². The molecule has 0 bridgehead atoms. The third kappa shape index (κ3) is 4.17. The summed E-state index contributed by atoms with van der Waals surface area (Å²) in [5.74, 6) is 0.151. The molecule has 0 aliphatic carbocycles. The highest BCUT2D eigenvalue weighted by Gasteiger charge is 2.24. The van der Waals surface area contributed by atoms with Gasteiger partial charge in [0.2, 0.25) is 0 Å². The molecule has 0 unspecified atom stereocenters. The molecule has 1 fully saturated rings. The standard InChI is InChI=1S/C20H25N3O2/c1-14(2)23-11-10-15(13-23)12-21-19(24)17-8-9-18(22-20(17)25)16-6-4-3-5-7-16/h3-9,14-15H,10-13H2,1-2H3,(H,21,24)(H,22,25)/t15-/m1/s1. The number of carbonyl (C=O) groups excluding carboxylic acids is 1. The third-order valence-corrected chi connectivity index (χ3v) is 4.84. The molecule has 3 rings (SSSR count). The maximum atomic E-state index is 12.3. The molecule has 25 heavy (non-hydrogen) atoms. The molecule has 2 aromatic rings. The number of H-pyrrole nitrogens is 1. The minimum absolute atomic E-state index is 0.165. The van der Waals surface area contributed by atoms with E-state index in [0.29, 0.717) is 24.2 Å². The highest BCUT2D eigenvalue weighted by molar-refractivity contribution is 5.94. The summed E-state index contributed by atoms with van der Waals surface area (Å²) >= 11 is 0. The summed E-state index contributed by atoms with van der Waals surface area (Å²) in [6.45, 7) is 7.07. The fraction of sp³-hybridized carbons (Fsp3) is 0.400. The van der Waals surface area contributed by atoms with E-state index < -0.39 is 0 Å². The monoisotopic (exact) mass is 339 g/mol. The van der Waals surface area contributed by atoms with Crippen molar-refractivity contribution in [1.82, 2.24) is 15.2 Å². The molecule has 0 spiro atoms. The van der Waals surface area contributed by atoms with Gasteiger partial charge in [0.1, 0.15) is 5.56 Å². The Morgan fingerprint density at radius 2 is 2.00 bits per heavy atom. The average molecular weight is 339 g/mol. The Kier molecular flexibility index (Phi) is 5.34. The Hall–Kier alpha value is -2.40. The number of nitrogens with zero attached hydrogens (tertiary/aromatic N) is 1. The molecule has 1 atom stereocenters. The van der Waals surface area contributed by atoms with Gasteiger partial charge in [-0.2, -0.15) is 0 Å². The largest absolute Gasteiger partial charge is 0.352 e. The number of carbonyl (C=O) groups is 1. The quantitative estimate of drug-likeness (QED) is 0.880. The number of pyridine rings is 1. The van der Waals surface area contributed by atoms with Crippen LogP contribution in [0.4, 0.5) is 0 Å². The average Bonchev–Trinajstić information content (AvgIpc) is 3.10. The molecule has 0 radical (unpaired) electrons. The van der Waals surface area contributed by atoms with Gasteiger partial charge < -0.3 is 15.2 Å². The molecule has 132 valence electrons. The van der Waals surface area contributed by atoms with Crippen LogP contribution in [0.15, 0.2) is 47.3 Å². The van der Waals surface area contributed by atoms with Crippen molar-refractivity contribution < 1.29 is 4.79 Å². The lowest BCUT2D eigenvalue weighted by Gasteiger charge is -2.20. The summed E-state index contributed by atoms with van der Waals surface area (Å²) in [4.78, 5) is 29.8. The van der Waals surface area contributed by atoms with Crippen molar-refractivity contribution in [1.29, 1.82) is 0 Å². The molecule has 1 aromatic carbocycles. The fourth-order valence-electron chi connectivity index (χ4n) is 3.27. The molecule has 2 heterocycles. The summed E-state index contributed by atoms with van der Waals surface area (Å²) in [7, 11) is 0. The van der Waals surface area contributed by atoms with Crippen molar-refractivity contribution in [3.63, 3.8) is 0 Å². The second-order valence-electron chi connectivity index (χ2n) is 6.93. The zero-order valence-corrected chi connectivity index (χ0v) is 14.8. The highest BCUT2D eigenvalue weighted by atomic mass is 16.2. The van der Waals surface area contributed by atoms with E-state index in [1.54, 1.807) is 12.1 Å². The first-order chi connectivity index (χ1) is 12.0. The van der Waals surface area contributed by atoms with Crippen molar-refractivity contribution in [3.8, 4) is 11.3 Å². The number of hydrogen-bond acceptors (Lipinski definition) is 3. The lowest BCUT2D eigenvalue weighted by Crippen LogP contribution is -2.35. The van der Waals surface area contributed by atoms with Crippen LogP contribution >= 0.6 is 0 Å². The van der Waals surface area contributed by atoms with E-state index >= 15 is 0 Å². The summed E-state index contributed by atoms with van der Waals surface area (Å²) in [5.41, 5.74) is 1.45. The van der Waals surface area contributed by atoms with Gasteiger partial charge in [-0.1, -0.05) is 30.3 Å². The van der Waals surface area contributed by atoms with E-state index in [9.17, 15) is 9.59 Å². The van der Waals surface area contributed by atoms with Gasteiger partial charge in [0.25, 0.3) is 11.5 Å². The topological polar surface area (TPSA) is 65.2 Å². The summed E-state index contributed by atoms with van der Waals surface area (Å²) in [5, 5.41) is 2.91. The summed E-state index contributed by atoms with van der Waals surface area (Å²) in [6.07, 6.45) is 1.09. The lowest BCUT2D eigenvalue weighted by atomic mass is 10.1. The molecule has 0 saturated carbocycles. The van der Waals surface area contributed by atoms with E-state index in [0.717, 1.165) is 25.1 Å². The molecule has 1 aliphatic rings. The number of benzene rings is 1. The zero-order valence-electron chi connectivity index (χ0n) is 14.8. The first kappa shape index (κ1) is 17.4. The van der Waals surface area contributed by atoms with E-state index in [1.807, 2.05) is 30.3 Å². The van der Waals surface area contributed by atoms with Gasteiger partial charge in [-0.25, -0.2) is 0 Å². The molecule has 5 nitrogen and oxygen atoms in total. The number of nitrogens with one attached hydrogen (secondary N) is 2. The van der Waals surface area contributed by atoms with Gasteiger partial charge in [-0.05, 0) is 50.4 Å². The van der Waals surface area contributed by atoms with Gasteiger partial charge in [0.05, 0.1) is 0 Å². The van der Waals surface area contributed by atoms with Crippen LogP contribution in [0.1, 0.15) is 30.6 Å². The van der Waals surface area contributed by atoms with Crippen LogP contribution < -0.4 is 10.9 Å². The molecule has 1 saturated heterocycles. The number of aromatic amines is 1. The first-order valence-corrected chi connectivity index (χ1v) is 8.85. The summed E-state index contributed by atoms with van der Waals surface area (Å²) in [6, 6.07) is 13.5. The van der Waals surface area contributed by atoms with Crippen LogP contribution in [0.25, 0.3) is 11.3 Å². The fourth-order valence-corrected chi connectivity index (χ4v) is 3.27. The molecule has 2 N–H and O–H groups in total. The Morgan fingerprint density at radius 1 is 1.24 bits per heavy atom. The number of hydrogen-bond donors (Lipinski definition) is 2. The van der Waals surface area contributed by atoms with Crippen LogP contribution in [0.5, 0.6) is 0 Å². The van der Waals surface area contributed by atoms with Crippen molar-refractivity contribution in [2.24, 2.45) is 5.92 Å². The van der Waals surface area contributed by atoms with Crippen LogP contribution in [-0.4, -0.2) is 41.5 Å². The van der Waals surface area contributed by atoms with Crippen molar-refractivity contribution in [2.75, 3.05) is 19.6 Å². The highest BCUT2D eigenvalue weighted by Crippen LogP contribution is 2.18. The number of amides is 1. The number of aromatic nitrogens is 1. The smallest absolute Gasteiger partial charge is 0.261 e. The summed E-state index contributed by atoms with van der Waals surface area (Å²) < 4.78 is 0. The van der Waals surface area contributed by atoms with Gasteiger partial charge in [-0.3, -0.25) is 9.59 Å². The van der Waals surface area contributed by atoms with Gasteiger partial charge in [-0.15, -0.1) is 0 Å². The Morgan fingerprint density at radius 3 is 2.64 bits per heavy atom. The van der Waals surface area contributed by atoms with E-state index in [4.69, 9.17) is 0 Å². The SMILES string of the molecule is CC(C)N1CC[C@H](CNC(=O)c2ccc(-c3ccccc3)[nH]c2=O)C1. The van der Waals surface area contributed by atoms with Crippen molar-refractivity contribution in [3.05, 3.63) is 58.4 Å². The predicted molar refractivity (Wildman–Crippen MR) is 99.6 cm³/mol. The normalized spacial score (nSPS) is 17.8. The lowest BCUT2D eigenvalue weighted by molar-refractivity contribution is 0.0945. The van der Waals surface area contributed by atoms with E-state index in [2.05, 4.69) is 29.0 Å². The van der Waals surface area contributed by atoms with Gasteiger partial charge in [0.15, 0.2) is 0 Å². The predicted octanol–water partition coefficient (Wildman–Crippen LogP) is 2.50. The molecule has 5 heteroatoms. The minimum atomic E-state index is -0.353. The molecular formula is C20H25N3O2. The second kappa shape index (κ2) is 7.66. The van der Waals surface area contributed by atoms with E-state index in [1.165, 1.54) is 0 Å². The number of rotatable bonds is 5. The van der Waals surface area contributed by atoms with Crippen LogP contribution in [0, 0.1) is 5.92 Å². The third-order valence-electron chi connectivity index (χ3n) is 4.84. The Bertz CT molecular complexity index is 783. The molecule has 1 amide bonds. The molecular weight excluding hydrogens is 314 g/mol. The molecule has 1 aliphatic heterocycles. The molecule has 1 aromatic heterocycles. The van der Waals surface area contributed by atoms with Gasteiger partial charge in [0, 0.05) is 24.8 Å². The van der Waals surface area contributed by atoms with Crippen molar-refractivity contribution >= 4 is 5.91 Å². The number of likely N-dealkylation sites (tertiary alicyclic amines) is 1. The zero-order chi connectivity index (χ0) is 17.8. The first-order valence-electron chi connectivity index (χ1n) is 8.85. The van der Waals surface area contributed by atoms with Gasteiger partial charge >= 0.3 is 0 Å². The van der Waals surface area contributed by atoms with Crippen LogP contribution in [0.3, 0.4) is 0 Å².